The van der Waals surface area contributed by atoms with Gasteiger partial charge in [-0.25, -0.2) is 0 Å². The third-order valence-corrected chi connectivity index (χ3v) is 3.29. The van der Waals surface area contributed by atoms with Gasteiger partial charge in [-0.15, -0.1) is 0 Å². The predicted octanol–water partition coefficient (Wildman–Crippen LogP) is 2.30. The third-order valence-electron chi connectivity index (χ3n) is 3.29. The van der Waals surface area contributed by atoms with Crippen LogP contribution in [-0.4, -0.2) is 31.3 Å². The van der Waals surface area contributed by atoms with Crippen LogP contribution in [0, 0.1) is 12.8 Å². The lowest BCUT2D eigenvalue weighted by Crippen LogP contribution is -2.18. The van der Waals surface area contributed by atoms with Crippen LogP contribution < -0.4 is 10.1 Å². The lowest BCUT2D eigenvalue weighted by Gasteiger charge is -2.14. The first-order valence-electron chi connectivity index (χ1n) is 7.17. The van der Waals surface area contributed by atoms with Crippen LogP contribution in [0.15, 0.2) is 12.1 Å². The van der Waals surface area contributed by atoms with Crippen molar-refractivity contribution in [2.75, 3.05) is 26.4 Å². The summed E-state index contributed by atoms with van der Waals surface area (Å²) in [5.74, 6) is 1.43. The van der Waals surface area contributed by atoms with Gasteiger partial charge in [0.1, 0.15) is 5.75 Å². The smallest absolute Gasteiger partial charge is 0.142 e. The second-order valence-corrected chi connectivity index (χ2v) is 5.11. The van der Waals surface area contributed by atoms with Crippen molar-refractivity contribution >= 4 is 0 Å². The number of hydrogen-bond acceptors (Lipinski definition) is 4. The zero-order valence-corrected chi connectivity index (χ0v) is 11.9. The second kappa shape index (κ2) is 7.46. The van der Waals surface area contributed by atoms with Gasteiger partial charge in [-0.05, 0) is 38.4 Å². The van der Waals surface area contributed by atoms with Crippen LogP contribution in [0.1, 0.15) is 31.2 Å². The molecular weight excluding hydrogens is 240 g/mol. The van der Waals surface area contributed by atoms with Gasteiger partial charge in [0.25, 0.3) is 0 Å². The van der Waals surface area contributed by atoms with E-state index in [0.717, 1.165) is 62.9 Å². The van der Waals surface area contributed by atoms with Gasteiger partial charge in [0, 0.05) is 24.8 Å². The molecule has 106 valence electrons. The molecule has 0 aromatic carbocycles. The van der Waals surface area contributed by atoms with Crippen LogP contribution in [0.4, 0.5) is 0 Å². The average molecular weight is 264 g/mol. The van der Waals surface area contributed by atoms with Crippen LogP contribution in [-0.2, 0) is 11.3 Å². The van der Waals surface area contributed by atoms with E-state index in [1.165, 1.54) is 0 Å². The first kappa shape index (κ1) is 14.3. The van der Waals surface area contributed by atoms with Gasteiger partial charge >= 0.3 is 0 Å². The highest BCUT2D eigenvalue weighted by atomic mass is 16.5. The topological polar surface area (TPSA) is 43.4 Å². The summed E-state index contributed by atoms with van der Waals surface area (Å²) in [5, 5.41) is 3.38. The normalized spacial score (nSPS) is 18.7. The Morgan fingerprint density at radius 3 is 3.11 bits per heavy atom. The zero-order chi connectivity index (χ0) is 13.5. The number of nitrogens with one attached hydrogen (secondary N) is 1. The maximum atomic E-state index is 5.92. The minimum absolute atomic E-state index is 0.526. The molecule has 0 aliphatic carbocycles. The maximum Gasteiger partial charge on any atom is 0.142 e. The number of rotatable bonds is 7. The van der Waals surface area contributed by atoms with Crippen molar-refractivity contribution in [1.29, 1.82) is 0 Å². The third kappa shape index (κ3) is 4.48. The van der Waals surface area contributed by atoms with E-state index in [1.807, 2.05) is 19.1 Å². The van der Waals surface area contributed by atoms with Crippen molar-refractivity contribution in [2.24, 2.45) is 5.92 Å². The summed E-state index contributed by atoms with van der Waals surface area (Å²) in [5.41, 5.74) is 2.04. The van der Waals surface area contributed by atoms with Gasteiger partial charge in [0.2, 0.25) is 0 Å². The van der Waals surface area contributed by atoms with E-state index >= 15 is 0 Å². The molecule has 0 saturated carbocycles. The second-order valence-electron chi connectivity index (χ2n) is 5.11. The molecule has 1 saturated heterocycles. The molecule has 1 N–H and O–H groups in total. The molecule has 1 unspecified atom stereocenters. The number of pyridine rings is 1. The summed E-state index contributed by atoms with van der Waals surface area (Å²) in [4.78, 5) is 4.57. The molecule has 0 amide bonds. The number of aromatic nitrogens is 1. The van der Waals surface area contributed by atoms with Crippen LogP contribution in [0.3, 0.4) is 0 Å². The largest absolute Gasteiger partial charge is 0.491 e. The summed E-state index contributed by atoms with van der Waals surface area (Å²) in [7, 11) is 0. The van der Waals surface area contributed by atoms with Crippen LogP contribution >= 0.6 is 0 Å². The van der Waals surface area contributed by atoms with E-state index in [4.69, 9.17) is 9.47 Å². The van der Waals surface area contributed by atoms with Crippen molar-refractivity contribution in [3.63, 3.8) is 0 Å². The Morgan fingerprint density at radius 2 is 2.37 bits per heavy atom. The molecule has 1 atom stereocenters. The Hall–Kier alpha value is -1.13. The van der Waals surface area contributed by atoms with Gasteiger partial charge in [0.15, 0.2) is 0 Å². The van der Waals surface area contributed by atoms with Crippen molar-refractivity contribution in [3.8, 4) is 5.75 Å². The average Bonchev–Trinajstić information content (AvgIpc) is 2.91. The molecule has 2 rings (SSSR count). The number of hydrogen-bond donors (Lipinski definition) is 1. The van der Waals surface area contributed by atoms with Crippen molar-refractivity contribution in [3.05, 3.63) is 23.5 Å². The molecule has 0 spiro atoms. The van der Waals surface area contributed by atoms with Crippen molar-refractivity contribution in [2.45, 2.75) is 33.2 Å². The Morgan fingerprint density at radius 1 is 1.47 bits per heavy atom. The Bertz CT molecular complexity index is 390. The van der Waals surface area contributed by atoms with E-state index in [-0.39, 0.29) is 0 Å². The number of ether oxygens (including phenoxy) is 2. The Balaban J connectivity index is 1.92. The molecule has 4 heteroatoms. The van der Waals surface area contributed by atoms with E-state index in [1.54, 1.807) is 0 Å². The first-order chi connectivity index (χ1) is 9.29. The molecule has 1 aliphatic heterocycles. The van der Waals surface area contributed by atoms with Gasteiger partial charge < -0.3 is 14.8 Å². The summed E-state index contributed by atoms with van der Waals surface area (Å²) < 4.78 is 11.3. The van der Waals surface area contributed by atoms with Crippen LogP contribution in [0.2, 0.25) is 0 Å². The summed E-state index contributed by atoms with van der Waals surface area (Å²) in [6.45, 7) is 8.36. The highest BCUT2D eigenvalue weighted by Gasteiger charge is 2.17. The molecule has 19 heavy (non-hydrogen) atoms. The highest BCUT2D eigenvalue weighted by Crippen LogP contribution is 2.20. The fraction of sp³-hybridized carbons (Fsp3) is 0.667. The van der Waals surface area contributed by atoms with Gasteiger partial charge in [-0.1, -0.05) is 6.92 Å². The molecule has 0 bridgehead atoms. The SMILES string of the molecule is CCCNCc1nc(C)ccc1OCC1CCOC1. The van der Waals surface area contributed by atoms with E-state index in [2.05, 4.69) is 17.2 Å². The lowest BCUT2D eigenvalue weighted by atomic mass is 10.1. The minimum atomic E-state index is 0.526. The Labute approximate surface area is 115 Å². The molecule has 1 fully saturated rings. The van der Waals surface area contributed by atoms with Gasteiger partial charge in [0.05, 0.1) is 18.9 Å². The molecule has 1 aliphatic rings. The standard InChI is InChI=1S/C15H24N2O2/c1-3-7-16-9-14-15(5-4-12(2)17-14)19-11-13-6-8-18-10-13/h4-5,13,16H,3,6-11H2,1-2H3. The Kier molecular flexibility index (Phi) is 5.61. The van der Waals surface area contributed by atoms with Crippen LogP contribution in [0.5, 0.6) is 5.75 Å². The predicted molar refractivity (Wildman–Crippen MR) is 75.4 cm³/mol. The molecule has 0 radical (unpaired) electrons. The zero-order valence-electron chi connectivity index (χ0n) is 11.9. The van der Waals surface area contributed by atoms with Gasteiger partial charge in [-0.2, -0.15) is 0 Å². The van der Waals surface area contributed by atoms with Gasteiger partial charge in [-0.3, -0.25) is 4.98 Å². The number of nitrogens with zero attached hydrogens (tertiary/aromatic N) is 1. The van der Waals surface area contributed by atoms with Crippen LogP contribution in [0.25, 0.3) is 0 Å². The molecule has 4 nitrogen and oxygen atoms in total. The summed E-state index contributed by atoms with van der Waals surface area (Å²) in [6.07, 6.45) is 2.23. The quantitative estimate of drug-likeness (QED) is 0.767. The molecule has 1 aromatic heterocycles. The molecular formula is C15H24N2O2. The first-order valence-corrected chi connectivity index (χ1v) is 7.17. The summed E-state index contributed by atoms with van der Waals surface area (Å²) >= 11 is 0. The molecule has 1 aromatic rings. The van der Waals surface area contributed by atoms with E-state index in [9.17, 15) is 0 Å². The monoisotopic (exact) mass is 264 g/mol. The number of aryl methyl sites for hydroxylation is 1. The maximum absolute atomic E-state index is 5.92. The fourth-order valence-corrected chi connectivity index (χ4v) is 2.16. The van der Waals surface area contributed by atoms with Crippen molar-refractivity contribution in [1.82, 2.24) is 10.3 Å². The highest BCUT2D eigenvalue weighted by molar-refractivity contribution is 5.29. The molecule has 2 heterocycles. The van der Waals surface area contributed by atoms with Crippen molar-refractivity contribution < 1.29 is 9.47 Å². The lowest BCUT2D eigenvalue weighted by molar-refractivity contribution is 0.166. The van der Waals surface area contributed by atoms with E-state index < -0.39 is 0 Å². The summed E-state index contributed by atoms with van der Waals surface area (Å²) in [6, 6.07) is 4.03. The van der Waals surface area contributed by atoms with E-state index in [0.29, 0.717) is 5.92 Å². The fourth-order valence-electron chi connectivity index (χ4n) is 2.16. The minimum Gasteiger partial charge on any atom is -0.491 e.